The van der Waals surface area contributed by atoms with Gasteiger partial charge in [0.25, 0.3) is 5.91 Å². The summed E-state index contributed by atoms with van der Waals surface area (Å²) in [6, 6.07) is 0.916. The number of anilines is 1. The Morgan fingerprint density at radius 1 is 1.32 bits per heavy atom. The molecule has 1 aliphatic heterocycles. The molecule has 0 radical (unpaired) electrons. The first-order chi connectivity index (χ1) is 13.1. The van der Waals surface area contributed by atoms with Gasteiger partial charge in [-0.2, -0.15) is 0 Å². The third-order valence-corrected chi connectivity index (χ3v) is 4.70. The summed E-state index contributed by atoms with van der Waals surface area (Å²) in [7, 11) is 1.35. The van der Waals surface area contributed by atoms with Crippen LogP contribution in [0.2, 0.25) is 5.02 Å². The number of nitrogens with one attached hydrogen (secondary N) is 2. The first kappa shape index (κ1) is 21.5. The van der Waals surface area contributed by atoms with Crippen LogP contribution in [0.1, 0.15) is 37.0 Å². The average molecular weight is 412 g/mol. The highest BCUT2D eigenvalue weighted by molar-refractivity contribution is 6.34. The van der Waals surface area contributed by atoms with Gasteiger partial charge in [-0.05, 0) is 25.8 Å². The Hall–Kier alpha value is -2.81. The Morgan fingerprint density at radius 2 is 2.00 bits per heavy atom. The van der Waals surface area contributed by atoms with Gasteiger partial charge in [-0.25, -0.2) is 4.79 Å². The number of rotatable bonds is 6. The van der Waals surface area contributed by atoms with Gasteiger partial charge >= 0.3 is 5.97 Å². The van der Waals surface area contributed by atoms with E-state index >= 15 is 0 Å². The molecule has 152 valence electrons. The van der Waals surface area contributed by atoms with Crippen molar-refractivity contribution in [3.63, 3.8) is 0 Å². The van der Waals surface area contributed by atoms with Crippen molar-refractivity contribution >= 4 is 41.0 Å². The summed E-state index contributed by atoms with van der Waals surface area (Å²) in [6.45, 7) is 3.13. The SMILES string of the molecule is COc1cc(NC(C)=O)c(Cl)cc1C(=O)NC(C)C(=O)N1CCCC1C(=O)O. The third-order valence-electron chi connectivity index (χ3n) is 4.38. The number of halogens is 1. The molecule has 2 unspecified atom stereocenters. The molecule has 1 aromatic carbocycles. The first-order valence-corrected chi connectivity index (χ1v) is 9.02. The summed E-state index contributed by atoms with van der Waals surface area (Å²) in [6.07, 6.45) is 0.979. The van der Waals surface area contributed by atoms with Gasteiger partial charge in [-0.3, -0.25) is 14.4 Å². The molecule has 28 heavy (non-hydrogen) atoms. The highest BCUT2D eigenvalue weighted by atomic mass is 35.5. The lowest BCUT2D eigenvalue weighted by atomic mass is 10.1. The maximum absolute atomic E-state index is 12.6. The van der Waals surface area contributed by atoms with E-state index in [1.165, 1.54) is 38.0 Å². The minimum atomic E-state index is -1.06. The fourth-order valence-corrected chi connectivity index (χ4v) is 3.27. The van der Waals surface area contributed by atoms with E-state index in [9.17, 15) is 24.3 Å². The molecule has 3 amide bonds. The lowest BCUT2D eigenvalue weighted by Crippen LogP contribution is -2.50. The summed E-state index contributed by atoms with van der Waals surface area (Å²) < 4.78 is 5.19. The number of hydrogen-bond acceptors (Lipinski definition) is 5. The van der Waals surface area contributed by atoms with Gasteiger partial charge in [0.1, 0.15) is 17.8 Å². The van der Waals surface area contributed by atoms with Crippen molar-refractivity contribution in [1.29, 1.82) is 0 Å². The predicted molar refractivity (Wildman–Crippen MR) is 102 cm³/mol. The molecule has 1 fully saturated rings. The molecule has 0 aromatic heterocycles. The van der Waals surface area contributed by atoms with Crippen molar-refractivity contribution in [2.75, 3.05) is 19.0 Å². The van der Waals surface area contributed by atoms with Crippen LogP contribution in [0.3, 0.4) is 0 Å². The zero-order valence-electron chi connectivity index (χ0n) is 15.7. The van der Waals surface area contributed by atoms with Gasteiger partial charge in [-0.15, -0.1) is 0 Å². The molecule has 0 aliphatic carbocycles. The van der Waals surface area contributed by atoms with Crippen molar-refractivity contribution in [3.05, 3.63) is 22.7 Å². The molecule has 3 N–H and O–H groups in total. The maximum atomic E-state index is 12.6. The van der Waals surface area contributed by atoms with Crippen molar-refractivity contribution < 1.29 is 29.0 Å². The molecule has 1 saturated heterocycles. The van der Waals surface area contributed by atoms with E-state index in [0.29, 0.717) is 19.4 Å². The van der Waals surface area contributed by atoms with Crippen LogP contribution in [0, 0.1) is 0 Å². The van der Waals surface area contributed by atoms with Gasteiger partial charge in [-0.1, -0.05) is 11.6 Å². The topological polar surface area (TPSA) is 125 Å². The molecule has 2 rings (SSSR count). The molecule has 1 aromatic rings. The third kappa shape index (κ3) is 4.72. The fourth-order valence-electron chi connectivity index (χ4n) is 3.06. The number of carbonyl (C=O) groups excluding carboxylic acids is 3. The number of likely N-dealkylation sites (tertiary alicyclic amines) is 1. The smallest absolute Gasteiger partial charge is 0.326 e. The van der Waals surface area contributed by atoms with E-state index in [2.05, 4.69) is 10.6 Å². The molecule has 9 nitrogen and oxygen atoms in total. The van der Waals surface area contributed by atoms with E-state index in [1.807, 2.05) is 0 Å². The molecular weight excluding hydrogens is 390 g/mol. The maximum Gasteiger partial charge on any atom is 0.326 e. The molecule has 1 heterocycles. The number of methoxy groups -OCH3 is 1. The van der Waals surface area contributed by atoms with Crippen LogP contribution in [0.25, 0.3) is 0 Å². The Balaban J connectivity index is 2.17. The number of nitrogens with zero attached hydrogens (tertiary/aromatic N) is 1. The van der Waals surface area contributed by atoms with Gasteiger partial charge in [0.2, 0.25) is 11.8 Å². The summed E-state index contributed by atoms with van der Waals surface area (Å²) in [5.41, 5.74) is 0.366. The van der Waals surface area contributed by atoms with Crippen LogP contribution < -0.4 is 15.4 Å². The molecular formula is C18H22ClN3O6. The van der Waals surface area contributed by atoms with Crippen molar-refractivity contribution in [3.8, 4) is 5.75 Å². The number of carboxylic acids is 1. The summed E-state index contributed by atoms with van der Waals surface area (Å²) in [4.78, 5) is 49.0. The number of aliphatic carboxylic acids is 1. The summed E-state index contributed by atoms with van der Waals surface area (Å²) in [5, 5.41) is 14.4. The van der Waals surface area contributed by atoms with Crippen molar-refractivity contribution in [2.24, 2.45) is 0 Å². The summed E-state index contributed by atoms with van der Waals surface area (Å²) >= 11 is 6.11. The predicted octanol–water partition coefficient (Wildman–Crippen LogP) is 1.50. The normalized spacial score (nSPS) is 17.0. The molecule has 10 heteroatoms. The standard InChI is InChI=1S/C18H22ClN3O6/c1-9(17(25)22-6-4-5-14(22)18(26)27)20-16(24)11-7-12(19)13(21-10(2)23)8-15(11)28-3/h7-9,14H,4-6H2,1-3H3,(H,20,24)(H,21,23)(H,26,27). The average Bonchev–Trinajstić information content (AvgIpc) is 3.11. The van der Waals surface area contributed by atoms with Crippen LogP contribution in [-0.4, -0.2) is 59.4 Å². The van der Waals surface area contributed by atoms with E-state index in [4.69, 9.17) is 16.3 Å². The second kappa shape index (κ2) is 8.92. The molecule has 0 bridgehead atoms. The minimum Gasteiger partial charge on any atom is -0.496 e. The Morgan fingerprint density at radius 3 is 2.57 bits per heavy atom. The first-order valence-electron chi connectivity index (χ1n) is 8.65. The monoisotopic (exact) mass is 411 g/mol. The van der Waals surface area contributed by atoms with Gasteiger partial charge < -0.3 is 25.4 Å². The van der Waals surface area contributed by atoms with E-state index in [1.54, 1.807) is 0 Å². The number of amides is 3. The fraction of sp³-hybridized carbons (Fsp3) is 0.444. The van der Waals surface area contributed by atoms with Gasteiger partial charge in [0.15, 0.2) is 0 Å². The van der Waals surface area contributed by atoms with Crippen LogP contribution in [-0.2, 0) is 14.4 Å². The molecule has 1 aliphatic rings. The van der Waals surface area contributed by atoms with Gasteiger partial charge in [0.05, 0.1) is 23.4 Å². The number of carboxylic acid groups (broad SMARTS) is 1. The zero-order chi connectivity index (χ0) is 21.0. The molecule has 2 atom stereocenters. The van der Waals surface area contributed by atoms with Crippen molar-refractivity contribution in [1.82, 2.24) is 10.2 Å². The number of ether oxygens (including phenoxy) is 1. The number of carbonyl (C=O) groups is 4. The lowest BCUT2D eigenvalue weighted by Gasteiger charge is -2.25. The highest BCUT2D eigenvalue weighted by Gasteiger charge is 2.36. The second-order valence-electron chi connectivity index (χ2n) is 6.44. The largest absolute Gasteiger partial charge is 0.496 e. The number of benzene rings is 1. The van der Waals surface area contributed by atoms with E-state index in [-0.39, 0.29) is 27.9 Å². The van der Waals surface area contributed by atoms with E-state index in [0.717, 1.165) is 0 Å². The van der Waals surface area contributed by atoms with Crippen LogP contribution in [0.5, 0.6) is 5.75 Å². The molecule has 0 saturated carbocycles. The Kier molecular flexibility index (Phi) is 6.85. The van der Waals surface area contributed by atoms with Crippen LogP contribution in [0.15, 0.2) is 12.1 Å². The van der Waals surface area contributed by atoms with E-state index < -0.39 is 29.9 Å². The zero-order valence-corrected chi connectivity index (χ0v) is 16.5. The van der Waals surface area contributed by atoms with Crippen molar-refractivity contribution in [2.45, 2.75) is 38.8 Å². The molecule has 0 spiro atoms. The second-order valence-corrected chi connectivity index (χ2v) is 6.84. The summed E-state index contributed by atoms with van der Waals surface area (Å²) in [5.74, 6) is -2.32. The Labute approximate surface area is 167 Å². The van der Waals surface area contributed by atoms with Gasteiger partial charge in [0, 0.05) is 19.5 Å². The quantitative estimate of drug-likeness (QED) is 0.651. The van der Waals surface area contributed by atoms with Crippen LogP contribution in [0.4, 0.5) is 5.69 Å². The lowest BCUT2D eigenvalue weighted by molar-refractivity contribution is -0.148. The highest BCUT2D eigenvalue weighted by Crippen LogP contribution is 2.31. The number of hydrogen-bond donors (Lipinski definition) is 3. The minimum absolute atomic E-state index is 0.0810. The Bertz CT molecular complexity index is 813. The van der Waals surface area contributed by atoms with Crippen LogP contribution >= 0.6 is 11.6 Å².